The van der Waals surface area contributed by atoms with E-state index in [1.54, 1.807) is 0 Å². The van der Waals surface area contributed by atoms with Crippen molar-refractivity contribution >= 4 is 6.01 Å². The van der Waals surface area contributed by atoms with Gasteiger partial charge in [0.1, 0.15) is 0 Å². The van der Waals surface area contributed by atoms with Gasteiger partial charge in [-0.25, -0.2) is 10.4 Å². The molecule has 0 atom stereocenters. The molecule has 0 aliphatic heterocycles. The normalized spacial score (nSPS) is 9.50. The Hall–Kier alpha value is -0.660. The molecule has 0 aliphatic rings. The van der Waals surface area contributed by atoms with Crippen molar-refractivity contribution in [2.75, 3.05) is 0 Å². The average Bonchev–Trinajstić information content (AvgIpc) is 1.89. The lowest BCUT2D eigenvalue weighted by Crippen LogP contribution is -2.18. The van der Waals surface area contributed by atoms with Gasteiger partial charge >= 0.3 is 0 Å². The van der Waals surface area contributed by atoms with E-state index < -0.39 is 0 Å². The van der Waals surface area contributed by atoms with Crippen molar-refractivity contribution in [1.29, 1.82) is 5.41 Å². The van der Waals surface area contributed by atoms with E-state index in [9.17, 15) is 0 Å². The summed E-state index contributed by atoms with van der Waals surface area (Å²) in [6.07, 6.45) is 1.96. The van der Waals surface area contributed by atoms with Crippen LogP contribution in [0.5, 0.6) is 0 Å². The molecule has 0 rings (SSSR count). The Labute approximate surface area is 62.6 Å². The summed E-state index contributed by atoms with van der Waals surface area (Å²) in [4.78, 5) is 3.91. The first-order chi connectivity index (χ1) is 4.18. The second kappa shape index (κ2) is 5.15. The molecule has 0 unspecified atom stereocenters. The maximum Gasteiger partial charge on any atom is 0.0867 e. The van der Waals surface area contributed by atoms with E-state index in [4.69, 9.17) is 5.41 Å². The zero-order valence-corrected chi connectivity index (χ0v) is 7.07. The van der Waals surface area contributed by atoms with Crippen molar-refractivity contribution in [3.63, 3.8) is 0 Å². The first kappa shape index (κ1) is 12.1. The molecule has 0 amide bonds. The highest BCUT2D eigenvalue weighted by Gasteiger charge is 2.16. The predicted octanol–water partition coefficient (Wildman–Crippen LogP) is 2.48. The van der Waals surface area contributed by atoms with E-state index in [2.05, 4.69) is 24.8 Å². The van der Waals surface area contributed by atoms with Crippen LogP contribution >= 0.6 is 0 Å². The van der Waals surface area contributed by atoms with Gasteiger partial charge in [-0.2, -0.15) is 0 Å². The fraction of sp³-hybridized carbons (Fsp3) is 0.857. The van der Waals surface area contributed by atoms with Gasteiger partial charge in [-0.1, -0.05) is 13.8 Å². The minimum absolute atomic E-state index is 0. The smallest absolute Gasteiger partial charge is 0.0867 e. The summed E-state index contributed by atoms with van der Waals surface area (Å²) >= 11 is 0. The molecule has 0 aromatic heterocycles. The van der Waals surface area contributed by atoms with Crippen LogP contribution in [0, 0.1) is 5.41 Å². The van der Waals surface area contributed by atoms with Crippen LogP contribution in [0.2, 0.25) is 0 Å². The first-order valence-electron chi connectivity index (χ1n) is 3.32. The highest BCUT2D eigenvalue weighted by Crippen LogP contribution is 2.17. The van der Waals surface area contributed by atoms with Crippen LogP contribution in [-0.4, -0.2) is 11.5 Å². The molecule has 4 N–H and O–H groups in total. The van der Waals surface area contributed by atoms with Crippen molar-refractivity contribution in [2.24, 2.45) is 4.99 Å². The van der Waals surface area contributed by atoms with Gasteiger partial charge in [0, 0.05) is 0 Å². The quantitative estimate of drug-likeness (QED) is 0.585. The lowest BCUT2D eigenvalue weighted by molar-refractivity contribution is 0.443. The molecule has 3 nitrogen and oxygen atoms in total. The third-order valence-corrected chi connectivity index (χ3v) is 1.85. The highest BCUT2D eigenvalue weighted by atomic mass is 14.8. The minimum Gasteiger partial charge on any atom is -0.344 e. The van der Waals surface area contributed by atoms with Crippen molar-refractivity contribution in [3.05, 3.63) is 0 Å². The first-order valence-corrected chi connectivity index (χ1v) is 3.32. The number of nitrogens with zero attached hydrogens (tertiary/aromatic N) is 1. The fourth-order valence-corrected chi connectivity index (χ4v) is 0.543. The summed E-state index contributed by atoms with van der Waals surface area (Å²) in [5, 5.41) is 6.65. The van der Waals surface area contributed by atoms with Gasteiger partial charge in [-0.3, -0.25) is 0 Å². The molecule has 10 heavy (non-hydrogen) atoms. The Morgan fingerprint density at radius 3 is 1.90 bits per heavy atom. The lowest BCUT2D eigenvalue weighted by Gasteiger charge is -2.18. The molecule has 0 bridgehead atoms. The van der Waals surface area contributed by atoms with E-state index in [0.717, 1.165) is 12.8 Å². The second-order valence-electron chi connectivity index (χ2n) is 2.43. The summed E-state index contributed by atoms with van der Waals surface area (Å²) < 4.78 is 0. The van der Waals surface area contributed by atoms with Gasteiger partial charge in [-0.05, 0) is 19.8 Å². The molecule has 3 heteroatoms. The average molecular weight is 143 g/mol. The third kappa shape index (κ3) is 3.38. The van der Waals surface area contributed by atoms with Gasteiger partial charge in [0.05, 0.1) is 11.5 Å². The van der Waals surface area contributed by atoms with Crippen LogP contribution in [-0.2, 0) is 0 Å². The Morgan fingerprint density at radius 1 is 1.40 bits per heavy atom. The summed E-state index contributed by atoms with van der Waals surface area (Å²) in [5.41, 5.74) is -0.0399. The molecule has 0 saturated heterocycles. The number of hydrogen-bond donors (Lipinski definition) is 2. The SMILES string of the molecule is CCC(C)(CC)N=C=N.N. The molecular weight excluding hydrogens is 126 g/mol. The zero-order valence-electron chi connectivity index (χ0n) is 7.07. The molecule has 0 radical (unpaired) electrons. The molecule has 60 valence electrons. The number of nitrogens with one attached hydrogen (secondary N) is 1. The zero-order chi connectivity index (χ0) is 7.33. The van der Waals surface area contributed by atoms with E-state index in [1.165, 1.54) is 0 Å². The molecule has 0 aromatic rings. The van der Waals surface area contributed by atoms with Crippen LogP contribution in [0.25, 0.3) is 0 Å². The van der Waals surface area contributed by atoms with Gasteiger partial charge in [0.2, 0.25) is 0 Å². The summed E-state index contributed by atoms with van der Waals surface area (Å²) in [7, 11) is 0. The third-order valence-electron chi connectivity index (χ3n) is 1.85. The molecule has 0 heterocycles. The maximum atomic E-state index is 6.65. The Balaban J connectivity index is 0. The largest absolute Gasteiger partial charge is 0.344 e. The summed E-state index contributed by atoms with van der Waals surface area (Å²) in [6, 6.07) is 2.09. The monoisotopic (exact) mass is 143 g/mol. The van der Waals surface area contributed by atoms with Crippen molar-refractivity contribution in [3.8, 4) is 0 Å². The fourth-order valence-electron chi connectivity index (χ4n) is 0.543. The molecule has 0 saturated carbocycles. The van der Waals surface area contributed by atoms with Gasteiger partial charge in [0.15, 0.2) is 0 Å². The molecule has 0 fully saturated rings. The number of hydrogen-bond acceptors (Lipinski definition) is 3. The van der Waals surface area contributed by atoms with Crippen LogP contribution in [0.4, 0.5) is 0 Å². The van der Waals surface area contributed by atoms with Crippen LogP contribution < -0.4 is 6.15 Å². The van der Waals surface area contributed by atoms with Crippen molar-refractivity contribution < 1.29 is 0 Å². The van der Waals surface area contributed by atoms with E-state index in [-0.39, 0.29) is 11.7 Å². The van der Waals surface area contributed by atoms with Crippen LogP contribution in [0.1, 0.15) is 33.6 Å². The molecule has 0 spiro atoms. The Bertz CT molecular complexity index is 121. The van der Waals surface area contributed by atoms with Crippen LogP contribution in [0.3, 0.4) is 0 Å². The molecular formula is C7H17N3. The van der Waals surface area contributed by atoms with Gasteiger partial charge in [0.25, 0.3) is 0 Å². The second-order valence-corrected chi connectivity index (χ2v) is 2.43. The Morgan fingerprint density at radius 2 is 1.80 bits per heavy atom. The minimum atomic E-state index is -0.0399. The summed E-state index contributed by atoms with van der Waals surface area (Å²) in [6.45, 7) is 6.18. The van der Waals surface area contributed by atoms with Crippen molar-refractivity contribution in [2.45, 2.75) is 39.2 Å². The number of aliphatic imine (C=N–C) groups is 1. The standard InChI is InChI=1S/C7H14N2.H3N/c1-4-7(3,5-2)9-6-8;/h8H,4-5H2,1-3H3;1H3. The van der Waals surface area contributed by atoms with Crippen molar-refractivity contribution in [1.82, 2.24) is 6.15 Å². The highest BCUT2D eigenvalue weighted by molar-refractivity contribution is 5.37. The maximum absolute atomic E-state index is 6.65. The Kier molecular flexibility index (Phi) is 6.21. The van der Waals surface area contributed by atoms with Crippen LogP contribution in [0.15, 0.2) is 4.99 Å². The molecule has 0 aromatic carbocycles. The van der Waals surface area contributed by atoms with E-state index in [0.29, 0.717) is 0 Å². The lowest BCUT2D eigenvalue weighted by atomic mass is 9.97. The van der Waals surface area contributed by atoms with E-state index in [1.807, 2.05) is 6.92 Å². The number of rotatable bonds is 3. The molecule has 0 aliphatic carbocycles. The summed E-state index contributed by atoms with van der Waals surface area (Å²) in [5.74, 6) is 0. The van der Waals surface area contributed by atoms with E-state index >= 15 is 0 Å². The van der Waals surface area contributed by atoms with Gasteiger partial charge < -0.3 is 6.15 Å². The van der Waals surface area contributed by atoms with Gasteiger partial charge in [-0.15, -0.1) is 0 Å². The predicted molar refractivity (Wildman–Crippen MR) is 44.2 cm³/mol. The topological polar surface area (TPSA) is 71.2 Å².